The Morgan fingerprint density at radius 2 is 1.18 bits per heavy atom. The van der Waals surface area contributed by atoms with E-state index in [1.807, 2.05) is 6.92 Å². The van der Waals surface area contributed by atoms with Crippen molar-refractivity contribution in [3.63, 3.8) is 0 Å². The average molecular weight is 540 g/mol. The van der Waals surface area contributed by atoms with E-state index in [0.717, 1.165) is 38.5 Å². The van der Waals surface area contributed by atoms with Crippen molar-refractivity contribution in [2.45, 2.75) is 154 Å². The molecule has 0 aromatic heterocycles. The van der Waals surface area contributed by atoms with Gasteiger partial charge in [-0.3, -0.25) is 14.4 Å². The Labute approximate surface area is 231 Å². The molecule has 0 aliphatic carbocycles. The molecule has 8 nitrogen and oxygen atoms in total. The molecule has 0 spiro atoms. The molecule has 0 aliphatic rings. The van der Waals surface area contributed by atoms with Gasteiger partial charge in [0.1, 0.15) is 11.8 Å². The third kappa shape index (κ3) is 21.0. The van der Waals surface area contributed by atoms with Gasteiger partial charge < -0.3 is 21.1 Å². The summed E-state index contributed by atoms with van der Waals surface area (Å²) in [7, 11) is 1.77. The van der Waals surface area contributed by atoms with Crippen molar-refractivity contribution in [1.82, 2.24) is 16.0 Å². The Bertz CT molecular complexity index is 641. The third-order valence-corrected chi connectivity index (χ3v) is 7.13. The second-order valence-electron chi connectivity index (χ2n) is 10.5. The summed E-state index contributed by atoms with van der Waals surface area (Å²) in [4.78, 5) is 47.6. The molecule has 0 rings (SSSR count). The number of carboxylic acids is 1. The highest BCUT2D eigenvalue weighted by Crippen LogP contribution is 2.13. The van der Waals surface area contributed by atoms with Crippen LogP contribution in [0, 0.1) is 0 Å². The predicted octanol–water partition coefficient (Wildman–Crippen LogP) is 5.67. The lowest BCUT2D eigenvalue weighted by atomic mass is 10.0. The summed E-state index contributed by atoms with van der Waals surface area (Å²) >= 11 is 0. The Hall–Kier alpha value is -1.96. The summed E-state index contributed by atoms with van der Waals surface area (Å²) in [5.41, 5.74) is 0. The van der Waals surface area contributed by atoms with Gasteiger partial charge in [-0.05, 0) is 39.2 Å². The topological polar surface area (TPSA) is 125 Å². The van der Waals surface area contributed by atoms with Crippen LogP contribution < -0.4 is 16.0 Å². The van der Waals surface area contributed by atoms with Gasteiger partial charge in [0, 0.05) is 25.8 Å². The summed E-state index contributed by atoms with van der Waals surface area (Å²) in [6.07, 6.45) is 19.2. The van der Waals surface area contributed by atoms with Gasteiger partial charge in [-0.15, -0.1) is 0 Å². The maximum Gasteiger partial charge on any atom is 0.326 e. The van der Waals surface area contributed by atoms with E-state index < -0.39 is 12.0 Å². The van der Waals surface area contributed by atoms with E-state index in [2.05, 4.69) is 22.9 Å². The highest BCUT2D eigenvalue weighted by Gasteiger charge is 2.21. The van der Waals surface area contributed by atoms with Gasteiger partial charge in [-0.25, -0.2) is 4.79 Å². The van der Waals surface area contributed by atoms with Gasteiger partial charge in [0.25, 0.3) is 0 Å². The summed E-state index contributed by atoms with van der Waals surface area (Å²) < 4.78 is 0. The molecule has 0 aromatic rings. The molecule has 222 valence electrons. The Morgan fingerprint density at radius 3 is 1.68 bits per heavy atom. The SMILES string of the molecule is CCCCCCCCCCCCCCCC(=O)NC(CCC(=O)NCCCCC(NC)C(=O)CC)C(=O)O. The summed E-state index contributed by atoms with van der Waals surface area (Å²) in [5.74, 6) is -1.42. The normalized spacial score (nSPS) is 12.6. The molecule has 0 saturated carbocycles. The quantitative estimate of drug-likeness (QED) is 0.0997. The number of hydrogen-bond acceptors (Lipinski definition) is 5. The highest BCUT2D eigenvalue weighted by atomic mass is 16.4. The Balaban J connectivity index is 3.85. The molecular formula is C30H57N3O5. The zero-order valence-corrected chi connectivity index (χ0v) is 24.6. The number of unbranched alkanes of at least 4 members (excludes halogenated alkanes) is 13. The van der Waals surface area contributed by atoms with Crippen molar-refractivity contribution < 1.29 is 24.3 Å². The number of aliphatic carboxylic acids is 1. The first kappa shape index (κ1) is 36.0. The highest BCUT2D eigenvalue weighted by molar-refractivity contribution is 5.84. The van der Waals surface area contributed by atoms with Gasteiger partial charge >= 0.3 is 5.97 Å². The van der Waals surface area contributed by atoms with Crippen LogP contribution >= 0.6 is 0 Å². The number of carboxylic acid groups (broad SMARTS) is 1. The van der Waals surface area contributed by atoms with Gasteiger partial charge in [0.2, 0.25) is 11.8 Å². The Kier molecular flexibility index (Phi) is 24.0. The number of hydrogen-bond donors (Lipinski definition) is 4. The van der Waals surface area contributed by atoms with Gasteiger partial charge in [0.15, 0.2) is 0 Å². The van der Waals surface area contributed by atoms with E-state index in [1.54, 1.807) is 7.05 Å². The molecule has 38 heavy (non-hydrogen) atoms. The minimum Gasteiger partial charge on any atom is -0.480 e. The van der Waals surface area contributed by atoms with Crippen LogP contribution in [0.1, 0.15) is 142 Å². The number of amides is 2. The second kappa shape index (κ2) is 25.3. The van der Waals surface area contributed by atoms with Crippen LogP contribution in [0.5, 0.6) is 0 Å². The van der Waals surface area contributed by atoms with Crippen LogP contribution in [-0.4, -0.2) is 54.3 Å². The van der Waals surface area contributed by atoms with Crippen LogP contribution in [0.4, 0.5) is 0 Å². The number of Topliss-reactive ketones (excluding diaryl/α,β-unsaturated/α-hetero) is 1. The van der Waals surface area contributed by atoms with Gasteiger partial charge in [-0.1, -0.05) is 90.9 Å². The lowest BCUT2D eigenvalue weighted by molar-refractivity contribution is -0.142. The maximum atomic E-state index is 12.2. The number of carbonyl (C=O) groups excluding carboxylic acids is 3. The van der Waals surface area contributed by atoms with Gasteiger partial charge in [0.05, 0.1) is 6.04 Å². The molecule has 0 fully saturated rings. The monoisotopic (exact) mass is 539 g/mol. The second-order valence-corrected chi connectivity index (χ2v) is 10.5. The minimum absolute atomic E-state index is 0.0451. The first-order valence-corrected chi connectivity index (χ1v) is 15.3. The number of rotatable bonds is 27. The van der Waals surface area contributed by atoms with Crippen molar-refractivity contribution in [3.8, 4) is 0 Å². The van der Waals surface area contributed by atoms with E-state index in [4.69, 9.17) is 0 Å². The molecule has 0 aromatic carbocycles. The molecular weight excluding hydrogens is 482 g/mol. The van der Waals surface area contributed by atoms with Crippen LogP contribution in [0.15, 0.2) is 0 Å². The zero-order valence-electron chi connectivity index (χ0n) is 24.6. The van der Waals surface area contributed by atoms with Crippen molar-refractivity contribution in [2.24, 2.45) is 0 Å². The first-order chi connectivity index (χ1) is 18.3. The van der Waals surface area contributed by atoms with E-state index in [-0.39, 0.29) is 36.5 Å². The van der Waals surface area contributed by atoms with E-state index in [9.17, 15) is 24.3 Å². The molecule has 8 heteroatoms. The van der Waals surface area contributed by atoms with Crippen molar-refractivity contribution in [3.05, 3.63) is 0 Å². The number of ketones is 1. The number of nitrogens with one attached hydrogen (secondary N) is 3. The Morgan fingerprint density at radius 1 is 0.632 bits per heavy atom. The molecule has 2 amide bonds. The molecule has 0 radical (unpaired) electrons. The third-order valence-electron chi connectivity index (χ3n) is 7.13. The van der Waals surface area contributed by atoms with Crippen molar-refractivity contribution in [1.29, 1.82) is 0 Å². The number of carbonyl (C=O) groups is 4. The van der Waals surface area contributed by atoms with Gasteiger partial charge in [-0.2, -0.15) is 0 Å². The van der Waals surface area contributed by atoms with Crippen LogP contribution in [-0.2, 0) is 19.2 Å². The summed E-state index contributed by atoms with van der Waals surface area (Å²) in [6, 6.07) is -1.19. The molecule has 2 atom stereocenters. The van der Waals surface area contributed by atoms with E-state index in [0.29, 0.717) is 19.4 Å². The fraction of sp³-hybridized carbons (Fsp3) is 0.867. The molecule has 4 N–H and O–H groups in total. The molecule has 0 bridgehead atoms. The zero-order chi connectivity index (χ0) is 28.4. The average Bonchev–Trinajstić information content (AvgIpc) is 2.90. The van der Waals surface area contributed by atoms with Crippen molar-refractivity contribution >= 4 is 23.6 Å². The van der Waals surface area contributed by atoms with E-state index >= 15 is 0 Å². The fourth-order valence-electron chi connectivity index (χ4n) is 4.61. The lowest BCUT2D eigenvalue weighted by Crippen LogP contribution is -2.41. The summed E-state index contributed by atoms with van der Waals surface area (Å²) in [6.45, 7) is 4.58. The first-order valence-electron chi connectivity index (χ1n) is 15.3. The fourth-order valence-corrected chi connectivity index (χ4v) is 4.61. The van der Waals surface area contributed by atoms with E-state index in [1.165, 1.54) is 64.2 Å². The molecule has 2 unspecified atom stereocenters. The summed E-state index contributed by atoms with van der Waals surface area (Å²) in [5, 5.41) is 17.8. The lowest BCUT2D eigenvalue weighted by Gasteiger charge is -2.15. The largest absolute Gasteiger partial charge is 0.480 e. The minimum atomic E-state index is -1.12. The molecule has 0 aliphatic heterocycles. The van der Waals surface area contributed by atoms with Crippen LogP contribution in [0.2, 0.25) is 0 Å². The van der Waals surface area contributed by atoms with Crippen LogP contribution in [0.25, 0.3) is 0 Å². The van der Waals surface area contributed by atoms with Crippen LogP contribution in [0.3, 0.4) is 0 Å². The maximum absolute atomic E-state index is 12.2. The molecule has 0 saturated heterocycles. The predicted molar refractivity (Wildman–Crippen MR) is 154 cm³/mol. The number of likely N-dealkylation sites (N-methyl/N-ethyl adjacent to an activating group) is 1. The van der Waals surface area contributed by atoms with Crippen molar-refractivity contribution in [2.75, 3.05) is 13.6 Å². The molecule has 0 heterocycles. The standard InChI is InChI=1S/C30H57N3O5/c1-4-6-7-8-9-10-11-12-13-14-15-16-17-21-29(36)33-26(30(37)38)22-23-28(35)32-24-19-18-20-25(31-3)27(34)5-2/h25-26,31H,4-24H2,1-3H3,(H,32,35)(H,33,36)(H,37,38). The smallest absolute Gasteiger partial charge is 0.326 e.